The summed E-state index contributed by atoms with van der Waals surface area (Å²) < 4.78 is 4.77. The molecular weight excluding hydrogens is 178 g/mol. The highest BCUT2D eigenvalue weighted by atomic mass is 16.5. The topological polar surface area (TPSA) is 41.3 Å². The average Bonchev–Trinajstić information content (AvgIpc) is 2.74. The minimum absolute atomic E-state index is 0.590. The van der Waals surface area contributed by atoms with E-state index >= 15 is 0 Å². The van der Waals surface area contributed by atoms with Crippen LogP contribution in [0.1, 0.15) is 19.0 Å². The Labute approximate surface area is 84.3 Å². The zero-order valence-corrected chi connectivity index (χ0v) is 8.73. The van der Waals surface area contributed by atoms with Crippen molar-refractivity contribution >= 4 is 0 Å². The first-order chi connectivity index (χ1) is 6.75. The lowest BCUT2D eigenvalue weighted by molar-refractivity contribution is 0.326. The van der Waals surface area contributed by atoms with Crippen molar-refractivity contribution in [2.45, 2.75) is 32.0 Å². The summed E-state index contributed by atoms with van der Waals surface area (Å²) in [5, 5.41) is 7.34. The predicted octanol–water partition coefficient (Wildman–Crippen LogP) is 0.857. The van der Waals surface area contributed by atoms with Gasteiger partial charge in [0.1, 0.15) is 6.26 Å². The molecule has 0 spiro atoms. The number of rotatable bonds is 3. The number of hydrogen-bond acceptors (Lipinski definition) is 4. The van der Waals surface area contributed by atoms with Crippen LogP contribution in [0.3, 0.4) is 0 Å². The van der Waals surface area contributed by atoms with Gasteiger partial charge < -0.3 is 14.7 Å². The van der Waals surface area contributed by atoms with Crippen LogP contribution >= 0.6 is 0 Å². The van der Waals surface area contributed by atoms with E-state index in [1.165, 1.54) is 6.42 Å². The van der Waals surface area contributed by atoms with Gasteiger partial charge >= 0.3 is 0 Å². The first-order valence-electron chi connectivity index (χ1n) is 5.08. The molecule has 2 rings (SSSR count). The molecule has 14 heavy (non-hydrogen) atoms. The van der Waals surface area contributed by atoms with Crippen LogP contribution in [0.15, 0.2) is 16.9 Å². The smallest absolute Gasteiger partial charge is 0.124 e. The third-order valence-electron chi connectivity index (χ3n) is 2.95. The third-order valence-corrected chi connectivity index (χ3v) is 2.95. The lowest BCUT2D eigenvalue weighted by atomic mass is 10.2. The molecule has 0 bridgehead atoms. The van der Waals surface area contributed by atoms with E-state index in [4.69, 9.17) is 4.52 Å². The minimum atomic E-state index is 0.590. The minimum Gasteiger partial charge on any atom is -0.364 e. The van der Waals surface area contributed by atoms with Gasteiger partial charge in [0.2, 0.25) is 0 Å². The summed E-state index contributed by atoms with van der Waals surface area (Å²) in [6, 6.07) is 3.17. The van der Waals surface area contributed by atoms with Gasteiger partial charge in [-0.05, 0) is 20.4 Å². The first-order valence-corrected chi connectivity index (χ1v) is 5.08. The standard InChI is InChI=1S/C10H17N3O/c1-8-5-10(7-13(8)2)11-6-9-3-4-14-12-9/h3-4,8,10-11H,5-7H2,1-2H3. The number of likely N-dealkylation sites (tertiary alicyclic amines) is 1. The third kappa shape index (κ3) is 2.13. The molecule has 1 aliphatic heterocycles. The van der Waals surface area contributed by atoms with E-state index in [2.05, 4.69) is 29.3 Å². The molecule has 1 aromatic rings. The van der Waals surface area contributed by atoms with E-state index < -0.39 is 0 Å². The van der Waals surface area contributed by atoms with Crippen molar-refractivity contribution < 1.29 is 4.52 Å². The highest BCUT2D eigenvalue weighted by molar-refractivity contribution is 4.96. The normalized spacial score (nSPS) is 28.4. The molecule has 0 saturated carbocycles. The second kappa shape index (κ2) is 4.11. The Hall–Kier alpha value is -0.870. The lowest BCUT2D eigenvalue weighted by Crippen LogP contribution is -2.31. The zero-order chi connectivity index (χ0) is 9.97. The monoisotopic (exact) mass is 195 g/mol. The summed E-state index contributed by atoms with van der Waals surface area (Å²) in [6.45, 7) is 4.19. The fraction of sp³-hybridized carbons (Fsp3) is 0.700. The van der Waals surface area contributed by atoms with Crippen molar-refractivity contribution in [1.29, 1.82) is 0 Å². The molecule has 4 nitrogen and oxygen atoms in total. The van der Waals surface area contributed by atoms with Crippen molar-refractivity contribution in [3.8, 4) is 0 Å². The van der Waals surface area contributed by atoms with E-state index in [0.717, 1.165) is 18.8 Å². The van der Waals surface area contributed by atoms with Gasteiger partial charge in [-0.25, -0.2) is 0 Å². The lowest BCUT2D eigenvalue weighted by Gasteiger charge is -2.12. The highest BCUT2D eigenvalue weighted by Crippen LogP contribution is 2.14. The number of hydrogen-bond donors (Lipinski definition) is 1. The van der Waals surface area contributed by atoms with Gasteiger partial charge in [0, 0.05) is 31.2 Å². The number of aromatic nitrogens is 1. The number of nitrogens with zero attached hydrogens (tertiary/aromatic N) is 2. The van der Waals surface area contributed by atoms with Gasteiger partial charge in [0.25, 0.3) is 0 Å². The molecule has 0 aromatic carbocycles. The van der Waals surface area contributed by atoms with Crippen LogP contribution < -0.4 is 5.32 Å². The van der Waals surface area contributed by atoms with Crippen LogP contribution in [-0.4, -0.2) is 35.7 Å². The molecule has 1 aliphatic rings. The van der Waals surface area contributed by atoms with Crippen LogP contribution in [0.5, 0.6) is 0 Å². The molecule has 2 heterocycles. The molecule has 78 valence electrons. The Balaban J connectivity index is 1.77. The van der Waals surface area contributed by atoms with E-state index in [0.29, 0.717) is 12.1 Å². The summed E-state index contributed by atoms with van der Waals surface area (Å²) in [4.78, 5) is 2.38. The van der Waals surface area contributed by atoms with Gasteiger partial charge in [-0.1, -0.05) is 5.16 Å². The number of nitrogens with one attached hydrogen (secondary N) is 1. The van der Waals surface area contributed by atoms with E-state index in [-0.39, 0.29) is 0 Å². The Kier molecular flexibility index (Phi) is 2.84. The van der Waals surface area contributed by atoms with E-state index in [9.17, 15) is 0 Å². The Morgan fingerprint density at radius 2 is 2.57 bits per heavy atom. The second-order valence-electron chi connectivity index (χ2n) is 4.09. The summed E-state index contributed by atoms with van der Waals surface area (Å²) in [6.07, 6.45) is 2.83. The van der Waals surface area contributed by atoms with Crippen LogP contribution in [0.4, 0.5) is 0 Å². The molecule has 0 radical (unpaired) electrons. The van der Waals surface area contributed by atoms with E-state index in [1.807, 2.05) is 6.07 Å². The number of likely N-dealkylation sites (N-methyl/N-ethyl adjacent to an activating group) is 1. The second-order valence-corrected chi connectivity index (χ2v) is 4.09. The zero-order valence-electron chi connectivity index (χ0n) is 8.73. The summed E-state index contributed by atoms with van der Waals surface area (Å²) >= 11 is 0. The molecule has 4 heteroatoms. The predicted molar refractivity (Wildman–Crippen MR) is 53.8 cm³/mol. The van der Waals surface area contributed by atoms with Crippen molar-refractivity contribution in [1.82, 2.24) is 15.4 Å². The van der Waals surface area contributed by atoms with Gasteiger partial charge in [0.05, 0.1) is 5.69 Å². The summed E-state index contributed by atoms with van der Waals surface area (Å²) in [5.74, 6) is 0. The first kappa shape index (κ1) is 9.68. The Morgan fingerprint density at radius 3 is 3.14 bits per heavy atom. The van der Waals surface area contributed by atoms with Crippen LogP contribution in [0, 0.1) is 0 Å². The molecule has 1 fully saturated rings. The van der Waals surface area contributed by atoms with Crippen molar-refractivity contribution in [2.75, 3.05) is 13.6 Å². The summed E-state index contributed by atoms with van der Waals surface area (Å²) in [7, 11) is 2.17. The molecular formula is C10H17N3O. The fourth-order valence-electron chi connectivity index (χ4n) is 1.92. The van der Waals surface area contributed by atoms with Gasteiger partial charge in [-0.3, -0.25) is 0 Å². The molecule has 1 saturated heterocycles. The van der Waals surface area contributed by atoms with Crippen molar-refractivity contribution in [3.63, 3.8) is 0 Å². The highest BCUT2D eigenvalue weighted by Gasteiger charge is 2.25. The van der Waals surface area contributed by atoms with Crippen LogP contribution in [0.2, 0.25) is 0 Å². The van der Waals surface area contributed by atoms with Crippen LogP contribution in [-0.2, 0) is 6.54 Å². The van der Waals surface area contributed by atoms with Crippen LogP contribution in [0.25, 0.3) is 0 Å². The van der Waals surface area contributed by atoms with E-state index in [1.54, 1.807) is 6.26 Å². The molecule has 0 amide bonds. The molecule has 2 atom stereocenters. The average molecular weight is 195 g/mol. The molecule has 0 aliphatic carbocycles. The Bertz CT molecular complexity index is 263. The Morgan fingerprint density at radius 1 is 1.71 bits per heavy atom. The maximum Gasteiger partial charge on any atom is 0.124 e. The van der Waals surface area contributed by atoms with Crippen molar-refractivity contribution in [2.24, 2.45) is 0 Å². The SMILES string of the molecule is CC1CC(NCc2ccon2)CN1C. The van der Waals surface area contributed by atoms with Gasteiger partial charge in [-0.15, -0.1) is 0 Å². The molecule has 2 unspecified atom stereocenters. The maximum atomic E-state index is 4.77. The fourth-order valence-corrected chi connectivity index (χ4v) is 1.92. The molecule has 1 N–H and O–H groups in total. The quantitative estimate of drug-likeness (QED) is 0.776. The molecule has 1 aromatic heterocycles. The van der Waals surface area contributed by atoms with Gasteiger partial charge in [-0.2, -0.15) is 0 Å². The summed E-state index contributed by atoms with van der Waals surface area (Å²) in [5.41, 5.74) is 0.979. The maximum absolute atomic E-state index is 4.77. The van der Waals surface area contributed by atoms with Crippen molar-refractivity contribution in [3.05, 3.63) is 18.0 Å². The van der Waals surface area contributed by atoms with Gasteiger partial charge in [0.15, 0.2) is 0 Å². The largest absolute Gasteiger partial charge is 0.364 e.